The van der Waals surface area contributed by atoms with Crippen molar-refractivity contribution in [3.8, 4) is 0 Å². The third kappa shape index (κ3) is 4.38. The van der Waals surface area contributed by atoms with Crippen LogP contribution in [0.4, 0.5) is 0 Å². The molecule has 1 aromatic heterocycles. The number of thioether (sulfide) groups is 1. The summed E-state index contributed by atoms with van der Waals surface area (Å²) in [4.78, 5) is 4.88. The first-order valence-corrected chi connectivity index (χ1v) is 5.07. The maximum absolute atomic E-state index is 4.47. The van der Waals surface area contributed by atoms with Crippen molar-refractivity contribution in [1.82, 2.24) is 4.98 Å². The van der Waals surface area contributed by atoms with Crippen LogP contribution in [0.5, 0.6) is 0 Å². The van der Waals surface area contributed by atoms with Crippen LogP contribution in [0, 0.1) is 0 Å². The third-order valence-electron chi connectivity index (χ3n) is 1.33. The smallest absolute Gasteiger partial charge is 0.180 e. The topological polar surface area (TPSA) is 26.0 Å². The van der Waals surface area contributed by atoms with Gasteiger partial charge in [-0.25, -0.2) is 4.98 Å². The fourth-order valence-corrected chi connectivity index (χ4v) is 1.16. The lowest BCUT2D eigenvalue weighted by Crippen LogP contribution is -1.62. The molecule has 3 heteroatoms. The van der Waals surface area contributed by atoms with Gasteiger partial charge < -0.3 is 4.42 Å². The van der Waals surface area contributed by atoms with Crippen LogP contribution in [0.1, 0.15) is 0 Å². The number of aromatic nitrogens is 1. The van der Waals surface area contributed by atoms with E-state index in [1.54, 1.807) is 18.0 Å². The molecule has 0 spiro atoms. The van der Waals surface area contributed by atoms with Crippen molar-refractivity contribution in [1.29, 1.82) is 0 Å². The molecule has 2 nitrogen and oxygen atoms in total. The first kappa shape index (κ1) is 9.86. The summed E-state index contributed by atoms with van der Waals surface area (Å²) in [5, 5.41) is 0. The van der Waals surface area contributed by atoms with E-state index < -0.39 is 0 Å². The quantitative estimate of drug-likeness (QED) is 0.651. The van der Waals surface area contributed by atoms with Gasteiger partial charge in [-0.15, -0.1) is 11.8 Å². The van der Waals surface area contributed by atoms with Crippen molar-refractivity contribution in [2.75, 3.05) is 6.26 Å². The number of hydrogen-bond acceptors (Lipinski definition) is 3. The zero-order chi connectivity index (χ0) is 9.36. The Morgan fingerprint density at radius 3 is 2.31 bits per heavy atom. The Balaban J connectivity index is 0.000000145. The molecule has 0 unspecified atom stereocenters. The highest BCUT2D eigenvalue weighted by molar-refractivity contribution is 7.98. The molecule has 0 saturated heterocycles. The predicted molar refractivity (Wildman–Crippen MR) is 54.7 cm³/mol. The van der Waals surface area contributed by atoms with Crippen LogP contribution in [0.2, 0.25) is 0 Å². The van der Waals surface area contributed by atoms with E-state index in [1.165, 1.54) is 17.6 Å². The summed E-state index contributed by atoms with van der Waals surface area (Å²) in [5.41, 5.74) is 0. The summed E-state index contributed by atoms with van der Waals surface area (Å²) in [6.07, 6.45) is 6.55. The standard InChI is InChI=1S/C7H8S.C3H3NO/c1-8-7-5-3-2-4-6-7;1-2-5-3-4-1/h2-6H,1H3;1-3H. The molecule has 0 saturated carbocycles. The first-order chi connectivity index (χ1) is 6.43. The van der Waals surface area contributed by atoms with Gasteiger partial charge in [0.1, 0.15) is 6.26 Å². The van der Waals surface area contributed by atoms with Crippen LogP contribution in [0.15, 0.2) is 58.5 Å². The molecule has 0 atom stereocenters. The normalized spacial score (nSPS) is 8.69. The molecule has 0 aliphatic rings. The average molecular weight is 193 g/mol. The lowest BCUT2D eigenvalue weighted by atomic mass is 10.4. The van der Waals surface area contributed by atoms with Crippen molar-refractivity contribution < 1.29 is 4.42 Å². The minimum absolute atomic E-state index is 1.33. The van der Waals surface area contributed by atoms with Crippen molar-refractivity contribution in [3.05, 3.63) is 49.2 Å². The molecule has 0 aliphatic carbocycles. The predicted octanol–water partition coefficient (Wildman–Crippen LogP) is 3.08. The second-order valence-electron chi connectivity index (χ2n) is 2.19. The molecule has 0 bridgehead atoms. The molecule has 1 aromatic carbocycles. The van der Waals surface area contributed by atoms with Crippen molar-refractivity contribution >= 4 is 11.8 Å². The molecule has 0 fully saturated rings. The van der Waals surface area contributed by atoms with Crippen LogP contribution in [-0.2, 0) is 0 Å². The fraction of sp³-hybridized carbons (Fsp3) is 0.100. The van der Waals surface area contributed by atoms with E-state index in [1.807, 2.05) is 18.2 Å². The van der Waals surface area contributed by atoms with Gasteiger partial charge in [0.15, 0.2) is 6.39 Å². The molecule has 1 heterocycles. The van der Waals surface area contributed by atoms with E-state index >= 15 is 0 Å². The number of hydrogen-bond donors (Lipinski definition) is 0. The highest BCUT2D eigenvalue weighted by Crippen LogP contribution is 2.11. The second-order valence-corrected chi connectivity index (χ2v) is 3.07. The van der Waals surface area contributed by atoms with E-state index in [0.29, 0.717) is 0 Å². The van der Waals surface area contributed by atoms with Gasteiger partial charge >= 0.3 is 0 Å². The molecule has 0 amide bonds. The first-order valence-electron chi connectivity index (χ1n) is 3.84. The summed E-state index contributed by atoms with van der Waals surface area (Å²) < 4.78 is 4.47. The van der Waals surface area contributed by atoms with Crippen LogP contribution in [0.25, 0.3) is 0 Å². The molecule has 68 valence electrons. The molecule has 0 radical (unpaired) electrons. The lowest BCUT2D eigenvalue weighted by molar-refractivity contribution is 0.558. The van der Waals surface area contributed by atoms with Gasteiger partial charge in [0.05, 0.1) is 6.20 Å². The molecule has 0 N–H and O–H groups in total. The van der Waals surface area contributed by atoms with Gasteiger partial charge in [0.2, 0.25) is 0 Å². The summed E-state index contributed by atoms with van der Waals surface area (Å²) >= 11 is 1.77. The van der Waals surface area contributed by atoms with Crippen LogP contribution in [-0.4, -0.2) is 11.2 Å². The highest BCUT2D eigenvalue weighted by atomic mass is 32.2. The SMILES string of the molecule is CSc1ccccc1.c1cocn1. The summed E-state index contributed by atoms with van der Waals surface area (Å²) in [6, 6.07) is 10.3. The zero-order valence-electron chi connectivity index (χ0n) is 7.38. The van der Waals surface area contributed by atoms with Gasteiger partial charge in [-0.3, -0.25) is 0 Å². The average Bonchev–Trinajstić information content (AvgIpc) is 2.77. The zero-order valence-corrected chi connectivity index (χ0v) is 8.20. The molecular weight excluding hydrogens is 182 g/mol. The maximum atomic E-state index is 4.47. The molecular formula is C10H11NOS. The van der Waals surface area contributed by atoms with E-state index in [2.05, 4.69) is 27.8 Å². The van der Waals surface area contributed by atoms with Crippen molar-refractivity contribution in [2.45, 2.75) is 4.90 Å². The van der Waals surface area contributed by atoms with Crippen molar-refractivity contribution in [3.63, 3.8) is 0 Å². The second kappa shape index (κ2) is 6.31. The minimum atomic E-state index is 1.33. The maximum Gasteiger partial charge on any atom is 0.180 e. The Kier molecular flexibility index (Phi) is 4.79. The van der Waals surface area contributed by atoms with Gasteiger partial charge in [-0.1, -0.05) is 18.2 Å². The third-order valence-corrected chi connectivity index (χ3v) is 2.07. The summed E-state index contributed by atoms with van der Waals surface area (Å²) in [7, 11) is 0. The Labute approximate surface area is 82.0 Å². The van der Waals surface area contributed by atoms with Crippen molar-refractivity contribution in [2.24, 2.45) is 0 Å². The number of benzene rings is 1. The highest BCUT2D eigenvalue weighted by Gasteiger charge is 1.80. The largest absolute Gasteiger partial charge is 0.452 e. The van der Waals surface area contributed by atoms with Gasteiger partial charge in [0.25, 0.3) is 0 Å². The molecule has 2 aromatic rings. The molecule has 2 rings (SSSR count). The molecule has 0 aliphatic heterocycles. The van der Waals surface area contributed by atoms with Gasteiger partial charge in [-0.05, 0) is 18.4 Å². The van der Waals surface area contributed by atoms with E-state index in [-0.39, 0.29) is 0 Å². The summed E-state index contributed by atoms with van der Waals surface area (Å²) in [6.45, 7) is 0. The number of rotatable bonds is 1. The fourth-order valence-electron chi connectivity index (χ4n) is 0.732. The monoisotopic (exact) mass is 193 g/mol. The van der Waals surface area contributed by atoms with Crippen LogP contribution < -0.4 is 0 Å². The van der Waals surface area contributed by atoms with E-state index in [9.17, 15) is 0 Å². The Morgan fingerprint density at radius 2 is 2.00 bits per heavy atom. The Morgan fingerprint density at radius 1 is 1.23 bits per heavy atom. The summed E-state index contributed by atoms with van der Waals surface area (Å²) in [5.74, 6) is 0. The number of oxazole rings is 1. The van der Waals surface area contributed by atoms with E-state index in [4.69, 9.17) is 0 Å². The van der Waals surface area contributed by atoms with Crippen LogP contribution >= 0.6 is 11.8 Å². The molecule has 13 heavy (non-hydrogen) atoms. The Hall–Kier alpha value is -1.22. The lowest BCUT2D eigenvalue weighted by Gasteiger charge is -1.89. The van der Waals surface area contributed by atoms with E-state index in [0.717, 1.165) is 0 Å². The minimum Gasteiger partial charge on any atom is -0.452 e. The number of nitrogens with zero attached hydrogens (tertiary/aromatic N) is 1. The van der Waals surface area contributed by atoms with Crippen LogP contribution in [0.3, 0.4) is 0 Å². The Bertz CT molecular complexity index is 277. The van der Waals surface area contributed by atoms with Gasteiger partial charge in [0, 0.05) is 4.90 Å². The van der Waals surface area contributed by atoms with Gasteiger partial charge in [-0.2, -0.15) is 0 Å².